The first-order valence-corrected chi connectivity index (χ1v) is 16.9. The number of ether oxygens (including phenoxy) is 1. The Morgan fingerprint density at radius 1 is 0.500 bits per heavy atom. The summed E-state index contributed by atoms with van der Waals surface area (Å²) in [5.41, 5.74) is 11.0. The molecule has 5 heteroatoms. The molecule has 0 fully saturated rings. The normalized spacial score (nSPS) is 15.7. The Hall–Kier alpha value is -6.59. The van der Waals surface area contributed by atoms with Gasteiger partial charge in [0.25, 0.3) is 0 Å². The van der Waals surface area contributed by atoms with Crippen molar-refractivity contribution in [1.29, 1.82) is 0 Å². The van der Waals surface area contributed by atoms with Crippen molar-refractivity contribution in [2.24, 2.45) is 0 Å². The molecule has 0 spiro atoms. The van der Waals surface area contributed by atoms with Gasteiger partial charge in [-0.1, -0.05) is 146 Å². The minimum Gasteiger partial charge on any atom is -0.484 e. The van der Waals surface area contributed by atoms with Crippen molar-refractivity contribution in [3.05, 3.63) is 181 Å². The summed E-state index contributed by atoms with van der Waals surface area (Å²) in [6.07, 6.45) is 4.49. The second-order valence-electron chi connectivity index (χ2n) is 12.7. The van der Waals surface area contributed by atoms with Gasteiger partial charge in [-0.2, -0.15) is 0 Å². The molecule has 10 rings (SSSR count). The molecule has 5 nitrogen and oxygen atoms in total. The van der Waals surface area contributed by atoms with Gasteiger partial charge in [0.05, 0.1) is 11.2 Å². The van der Waals surface area contributed by atoms with Crippen molar-refractivity contribution in [2.45, 2.75) is 12.0 Å². The summed E-state index contributed by atoms with van der Waals surface area (Å²) in [5, 5.41) is 1.23. The zero-order chi connectivity index (χ0) is 33.0. The second kappa shape index (κ2) is 11.5. The molecule has 2 aliphatic rings. The van der Waals surface area contributed by atoms with Crippen molar-refractivity contribution >= 4 is 17.0 Å². The van der Waals surface area contributed by atoms with Crippen LogP contribution >= 0.6 is 0 Å². The Kier molecular flexibility index (Phi) is 6.56. The van der Waals surface area contributed by atoms with Crippen LogP contribution in [0.2, 0.25) is 0 Å². The summed E-state index contributed by atoms with van der Waals surface area (Å²) >= 11 is 0. The van der Waals surface area contributed by atoms with E-state index in [9.17, 15) is 0 Å². The number of para-hydroxylation sites is 3. The molecule has 50 heavy (non-hydrogen) atoms. The molecule has 6 aromatic carbocycles. The highest BCUT2D eigenvalue weighted by Crippen LogP contribution is 2.55. The van der Waals surface area contributed by atoms with E-state index in [1.807, 2.05) is 60.7 Å². The fourth-order valence-electron chi connectivity index (χ4n) is 7.52. The van der Waals surface area contributed by atoms with Crippen LogP contribution in [0.1, 0.15) is 28.8 Å². The number of rotatable bonds is 5. The molecule has 0 amide bonds. The summed E-state index contributed by atoms with van der Waals surface area (Å²) in [6, 6.07) is 54.4. The number of aromatic nitrogens is 4. The van der Waals surface area contributed by atoms with Gasteiger partial charge in [-0.25, -0.2) is 15.0 Å². The Balaban J connectivity index is 1.03. The van der Waals surface area contributed by atoms with Crippen LogP contribution in [-0.2, 0) is 0 Å². The lowest BCUT2D eigenvalue weighted by atomic mass is 9.85. The van der Waals surface area contributed by atoms with Gasteiger partial charge in [0.2, 0.25) is 0 Å². The Morgan fingerprint density at radius 3 is 1.72 bits per heavy atom. The van der Waals surface area contributed by atoms with E-state index in [0.717, 1.165) is 39.3 Å². The molecule has 1 aliphatic carbocycles. The molecule has 1 aliphatic heterocycles. The minimum atomic E-state index is -0.113. The van der Waals surface area contributed by atoms with Crippen molar-refractivity contribution in [2.75, 3.05) is 0 Å². The molecule has 0 radical (unpaired) electrons. The van der Waals surface area contributed by atoms with E-state index in [1.54, 1.807) is 0 Å². The first-order valence-electron chi connectivity index (χ1n) is 16.9. The van der Waals surface area contributed by atoms with E-state index in [2.05, 4.69) is 114 Å². The molecule has 2 unspecified atom stereocenters. The van der Waals surface area contributed by atoms with Crippen LogP contribution in [0.15, 0.2) is 164 Å². The Bertz CT molecular complexity index is 2500. The summed E-state index contributed by atoms with van der Waals surface area (Å²) in [4.78, 5) is 14.7. The van der Waals surface area contributed by atoms with Crippen molar-refractivity contribution in [3.8, 4) is 56.7 Å². The van der Waals surface area contributed by atoms with Crippen LogP contribution in [-0.4, -0.2) is 19.5 Å². The van der Waals surface area contributed by atoms with E-state index in [4.69, 9.17) is 19.7 Å². The summed E-state index contributed by atoms with van der Waals surface area (Å²) < 4.78 is 9.39. The predicted molar refractivity (Wildman–Crippen MR) is 200 cm³/mol. The number of nitrogens with zero attached hydrogens (tertiary/aromatic N) is 4. The van der Waals surface area contributed by atoms with Gasteiger partial charge in [0.1, 0.15) is 11.9 Å². The summed E-state index contributed by atoms with van der Waals surface area (Å²) in [5.74, 6) is 3.01. The first kappa shape index (κ1) is 28.4. The zero-order valence-corrected chi connectivity index (χ0v) is 27.0. The number of benzene rings is 6. The fraction of sp³-hybridized carbons (Fsp3) is 0.0444. The predicted octanol–water partition coefficient (Wildman–Crippen LogP) is 10.7. The van der Waals surface area contributed by atoms with E-state index in [-0.39, 0.29) is 12.0 Å². The van der Waals surface area contributed by atoms with Crippen LogP contribution in [0.3, 0.4) is 0 Å². The number of hydrogen-bond donors (Lipinski definition) is 0. The third-order valence-corrected chi connectivity index (χ3v) is 9.84. The third-order valence-electron chi connectivity index (χ3n) is 9.84. The number of fused-ring (bicyclic) bond motifs is 7. The van der Waals surface area contributed by atoms with Gasteiger partial charge in [0, 0.05) is 50.4 Å². The van der Waals surface area contributed by atoms with E-state index < -0.39 is 0 Å². The van der Waals surface area contributed by atoms with Crippen LogP contribution in [0, 0.1) is 0 Å². The van der Waals surface area contributed by atoms with E-state index in [0.29, 0.717) is 17.5 Å². The maximum atomic E-state index is 7.03. The van der Waals surface area contributed by atoms with Crippen LogP contribution in [0.4, 0.5) is 0 Å². The third kappa shape index (κ3) is 4.59. The molecule has 0 saturated carbocycles. The molecular formula is C45H30N4O. The smallest absolute Gasteiger partial charge is 0.164 e. The van der Waals surface area contributed by atoms with Crippen LogP contribution in [0.25, 0.3) is 68.0 Å². The molecule has 8 aromatic rings. The molecule has 0 N–H and O–H groups in total. The van der Waals surface area contributed by atoms with Gasteiger partial charge in [-0.05, 0) is 29.8 Å². The summed E-state index contributed by atoms with van der Waals surface area (Å²) in [6.45, 7) is 0. The minimum absolute atomic E-state index is 0.113. The number of hydrogen-bond acceptors (Lipinski definition) is 4. The fourth-order valence-corrected chi connectivity index (χ4v) is 7.52. The zero-order valence-electron chi connectivity index (χ0n) is 27.0. The maximum absolute atomic E-state index is 7.03. The SMILES string of the molecule is C1=CC2c3cccc(-c4ccc(-c5nc(-c6ccccc6)nc(-c6ccccc6)n5)cc4)c3OC2c2c1n(-c1ccccc1)c1ccccc21. The Morgan fingerprint density at radius 2 is 1.06 bits per heavy atom. The molecule has 0 bridgehead atoms. The highest BCUT2D eigenvalue weighted by Gasteiger charge is 2.41. The van der Waals surface area contributed by atoms with Crippen molar-refractivity contribution in [3.63, 3.8) is 0 Å². The van der Waals surface area contributed by atoms with Gasteiger partial charge in [-0.3, -0.25) is 0 Å². The molecule has 3 heterocycles. The molecule has 2 aromatic heterocycles. The van der Waals surface area contributed by atoms with E-state index in [1.165, 1.54) is 27.7 Å². The largest absolute Gasteiger partial charge is 0.484 e. The maximum Gasteiger partial charge on any atom is 0.164 e. The van der Waals surface area contributed by atoms with Gasteiger partial charge >= 0.3 is 0 Å². The quantitative estimate of drug-likeness (QED) is 0.187. The first-order chi connectivity index (χ1) is 24.8. The van der Waals surface area contributed by atoms with Gasteiger partial charge < -0.3 is 9.30 Å². The second-order valence-corrected chi connectivity index (χ2v) is 12.7. The monoisotopic (exact) mass is 642 g/mol. The lowest BCUT2D eigenvalue weighted by Crippen LogP contribution is -2.13. The Labute approximate surface area is 289 Å². The molecule has 2 atom stereocenters. The lowest BCUT2D eigenvalue weighted by Gasteiger charge is -2.22. The average Bonchev–Trinajstić information content (AvgIpc) is 3.75. The average molecular weight is 643 g/mol. The highest BCUT2D eigenvalue weighted by atomic mass is 16.5. The van der Waals surface area contributed by atoms with Gasteiger partial charge in [-0.15, -0.1) is 0 Å². The van der Waals surface area contributed by atoms with Gasteiger partial charge in [0.15, 0.2) is 17.5 Å². The highest BCUT2D eigenvalue weighted by molar-refractivity contribution is 5.92. The molecule has 236 valence electrons. The summed E-state index contributed by atoms with van der Waals surface area (Å²) in [7, 11) is 0. The van der Waals surface area contributed by atoms with Crippen LogP contribution in [0.5, 0.6) is 5.75 Å². The molecule has 0 saturated heterocycles. The molecular weight excluding hydrogens is 613 g/mol. The van der Waals surface area contributed by atoms with Crippen LogP contribution < -0.4 is 4.74 Å². The lowest BCUT2D eigenvalue weighted by molar-refractivity contribution is 0.225. The standard InChI is InChI=1S/C45H30N4O/c1-4-13-30(14-5-1)43-46-44(31-15-6-2-7-16-31)48-45(47-43)32-25-23-29(24-26-32)34-20-12-21-35-36-27-28-39-40(42(36)50-41(34)35)37-19-10-11-22-38(37)49(39)33-17-8-3-9-18-33/h1-28,36,42H. The topological polar surface area (TPSA) is 52.8 Å². The van der Waals surface area contributed by atoms with Crippen molar-refractivity contribution < 1.29 is 4.74 Å². The van der Waals surface area contributed by atoms with Crippen molar-refractivity contribution in [1.82, 2.24) is 19.5 Å². The van der Waals surface area contributed by atoms with E-state index >= 15 is 0 Å².